The number of benzene rings is 1. The van der Waals surface area contributed by atoms with Crippen LogP contribution in [-0.4, -0.2) is 24.5 Å². The number of carbonyl (C=O) groups is 2. The second kappa shape index (κ2) is 6.82. The Morgan fingerprint density at radius 1 is 1.43 bits per heavy atom. The molecule has 8 heteroatoms. The predicted octanol–water partition coefficient (Wildman–Crippen LogP) is 1.84. The molecule has 0 aromatic heterocycles. The van der Waals surface area contributed by atoms with E-state index in [1.807, 2.05) is 0 Å². The maximum Gasteiger partial charge on any atom is 0.387 e. The van der Waals surface area contributed by atoms with E-state index >= 15 is 0 Å². The highest BCUT2D eigenvalue weighted by Crippen LogP contribution is 2.24. The largest absolute Gasteiger partial charge is 0.434 e. The number of nitrogens with one attached hydrogen (secondary N) is 2. The van der Waals surface area contributed by atoms with Gasteiger partial charge in [0.05, 0.1) is 6.04 Å². The molecule has 1 fully saturated rings. The van der Waals surface area contributed by atoms with Gasteiger partial charge in [-0.2, -0.15) is 8.78 Å². The fourth-order valence-electron chi connectivity index (χ4n) is 2.02. The van der Waals surface area contributed by atoms with Crippen molar-refractivity contribution < 1.29 is 23.1 Å². The second-order valence-electron chi connectivity index (χ2n) is 4.52. The quantitative estimate of drug-likeness (QED) is 0.813. The van der Waals surface area contributed by atoms with E-state index in [0.29, 0.717) is 17.0 Å². The van der Waals surface area contributed by atoms with Gasteiger partial charge < -0.3 is 10.1 Å². The molecule has 1 unspecified atom stereocenters. The Labute approximate surface area is 124 Å². The van der Waals surface area contributed by atoms with Crippen molar-refractivity contribution >= 4 is 23.4 Å². The zero-order valence-electron chi connectivity index (χ0n) is 10.9. The molecular weight excluding hydrogens is 306 g/mol. The summed E-state index contributed by atoms with van der Waals surface area (Å²) in [6.45, 7) is -2.82. The molecule has 1 heterocycles. The lowest BCUT2D eigenvalue weighted by molar-refractivity contribution is -0.134. The molecule has 1 aliphatic rings. The number of alkyl halides is 2. The van der Waals surface area contributed by atoms with Gasteiger partial charge in [0.1, 0.15) is 5.75 Å². The van der Waals surface area contributed by atoms with Crippen LogP contribution in [0.15, 0.2) is 18.2 Å². The summed E-state index contributed by atoms with van der Waals surface area (Å²) < 4.78 is 29.0. The molecule has 2 amide bonds. The molecule has 0 bridgehead atoms. The van der Waals surface area contributed by atoms with Crippen LogP contribution in [0.2, 0.25) is 5.02 Å². The first-order chi connectivity index (χ1) is 9.95. The van der Waals surface area contributed by atoms with Crippen LogP contribution in [0.1, 0.15) is 18.4 Å². The van der Waals surface area contributed by atoms with Crippen LogP contribution in [0.3, 0.4) is 0 Å². The summed E-state index contributed by atoms with van der Waals surface area (Å²) in [6, 6.07) is 3.71. The van der Waals surface area contributed by atoms with E-state index < -0.39 is 18.6 Å². The highest BCUT2D eigenvalue weighted by atomic mass is 35.5. The highest BCUT2D eigenvalue weighted by Gasteiger charge is 2.26. The lowest BCUT2D eigenvalue weighted by Crippen LogP contribution is -2.50. The van der Waals surface area contributed by atoms with Crippen LogP contribution in [0.25, 0.3) is 0 Å². The molecule has 2 N–H and O–H groups in total. The van der Waals surface area contributed by atoms with E-state index in [9.17, 15) is 18.4 Å². The average Bonchev–Trinajstić information content (AvgIpc) is 2.40. The zero-order chi connectivity index (χ0) is 15.4. The zero-order valence-corrected chi connectivity index (χ0v) is 11.6. The van der Waals surface area contributed by atoms with E-state index in [1.165, 1.54) is 18.2 Å². The van der Waals surface area contributed by atoms with Gasteiger partial charge in [-0.1, -0.05) is 11.6 Å². The minimum absolute atomic E-state index is 0.00538. The van der Waals surface area contributed by atoms with E-state index in [0.717, 1.165) is 0 Å². The van der Waals surface area contributed by atoms with Crippen molar-refractivity contribution in [2.45, 2.75) is 32.0 Å². The number of hydrogen-bond donors (Lipinski definition) is 2. The number of imide groups is 1. The molecule has 0 saturated carbocycles. The van der Waals surface area contributed by atoms with Crippen molar-refractivity contribution in [3.63, 3.8) is 0 Å². The molecule has 1 atom stereocenters. The summed E-state index contributed by atoms with van der Waals surface area (Å²) in [5, 5.41) is 5.48. The van der Waals surface area contributed by atoms with E-state index in [1.54, 1.807) is 0 Å². The molecular formula is C13H13ClF2N2O3. The van der Waals surface area contributed by atoms with Gasteiger partial charge in [0.2, 0.25) is 11.8 Å². The standard InChI is InChI=1S/C13H13ClF2N2O3/c14-8-1-3-10(21-13(15)16)7(5-8)6-17-9-2-4-11(19)18-12(9)20/h1,3,5,9,13,17H,2,4,6H2,(H,18,19,20). The van der Waals surface area contributed by atoms with Crippen LogP contribution in [0, 0.1) is 0 Å². The number of rotatable bonds is 5. The third-order valence-electron chi connectivity index (χ3n) is 3.02. The van der Waals surface area contributed by atoms with Gasteiger partial charge in [-0.25, -0.2) is 0 Å². The van der Waals surface area contributed by atoms with E-state index in [-0.39, 0.29) is 24.6 Å². The number of hydrogen-bond acceptors (Lipinski definition) is 4. The van der Waals surface area contributed by atoms with Gasteiger partial charge in [-0.05, 0) is 24.6 Å². The first kappa shape index (κ1) is 15.7. The molecule has 1 aromatic rings. The van der Waals surface area contributed by atoms with Gasteiger partial charge in [0, 0.05) is 23.6 Å². The first-order valence-corrected chi connectivity index (χ1v) is 6.64. The number of ether oxygens (including phenoxy) is 1. The number of piperidine rings is 1. The summed E-state index contributed by atoms with van der Waals surface area (Å²) >= 11 is 5.83. The number of amides is 2. The van der Waals surface area contributed by atoms with Crippen molar-refractivity contribution in [1.82, 2.24) is 10.6 Å². The highest BCUT2D eigenvalue weighted by molar-refractivity contribution is 6.30. The van der Waals surface area contributed by atoms with Gasteiger partial charge in [0.25, 0.3) is 0 Å². The van der Waals surface area contributed by atoms with Crippen molar-refractivity contribution in [2.75, 3.05) is 0 Å². The van der Waals surface area contributed by atoms with Crippen LogP contribution in [0.5, 0.6) is 5.75 Å². The minimum Gasteiger partial charge on any atom is -0.434 e. The Kier molecular flexibility index (Phi) is 5.08. The summed E-state index contributed by atoms with van der Waals surface area (Å²) in [6.07, 6.45) is 0.593. The van der Waals surface area contributed by atoms with Crippen LogP contribution in [-0.2, 0) is 16.1 Å². The van der Waals surface area contributed by atoms with Gasteiger partial charge in [-0.15, -0.1) is 0 Å². The minimum atomic E-state index is -2.94. The molecule has 0 spiro atoms. The number of halogens is 3. The Bertz CT molecular complexity index is 554. The number of carbonyl (C=O) groups excluding carboxylic acids is 2. The van der Waals surface area contributed by atoms with Crippen LogP contribution < -0.4 is 15.4 Å². The van der Waals surface area contributed by atoms with Gasteiger partial charge in [0.15, 0.2) is 0 Å². The normalized spacial score (nSPS) is 18.8. The summed E-state index contributed by atoms with van der Waals surface area (Å²) in [5.74, 6) is -0.749. The molecule has 0 aliphatic carbocycles. The summed E-state index contributed by atoms with van der Waals surface area (Å²) in [5.41, 5.74) is 0.410. The van der Waals surface area contributed by atoms with Crippen LogP contribution >= 0.6 is 11.6 Å². The molecule has 114 valence electrons. The summed E-state index contributed by atoms with van der Waals surface area (Å²) in [4.78, 5) is 22.6. The van der Waals surface area contributed by atoms with E-state index in [4.69, 9.17) is 11.6 Å². The van der Waals surface area contributed by atoms with Gasteiger partial charge >= 0.3 is 6.61 Å². The Balaban J connectivity index is 2.03. The summed E-state index contributed by atoms with van der Waals surface area (Å²) in [7, 11) is 0. The Morgan fingerprint density at radius 2 is 2.19 bits per heavy atom. The average molecular weight is 319 g/mol. The van der Waals surface area contributed by atoms with E-state index in [2.05, 4.69) is 15.4 Å². The third-order valence-corrected chi connectivity index (χ3v) is 3.25. The van der Waals surface area contributed by atoms with Gasteiger partial charge in [-0.3, -0.25) is 14.9 Å². The lowest BCUT2D eigenvalue weighted by atomic mass is 10.1. The predicted molar refractivity (Wildman–Crippen MR) is 71.1 cm³/mol. The van der Waals surface area contributed by atoms with Crippen LogP contribution in [0.4, 0.5) is 8.78 Å². The molecule has 1 saturated heterocycles. The molecule has 2 rings (SSSR count). The maximum atomic E-state index is 12.3. The molecule has 1 aliphatic heterocycles. The van der Waals surface area contributed by atoms with Crippen molar-refractivity contribution in [3.05, 3.63) is 28.8 Å². The molecule has 1 aromatic carbocycles. The van der Waals surface area contributed by atoms with Crippen molar-refractivity contribution in [2.24, 2.45) is 0 Å². The fraction of sp³-hybridized carbons (Fsp3) is 0.385. The topological polar surface area (TPSA) is 67.4 Å². The molecule has 21 heavy (non-hydrogen) atoms. The lowest BCUT2D eigenvalue weighted by Gasteiger charge is -2.22. The maximum absolute atomic E-state index is 12.3. The smallest absolute Gasteiger partial charge is 0.387 e. The Morgan fingerprint density at radius 3 is 2.86 bits per heavy atom. The Hall–Kier alpha value is -1.73. The third kappa shape index (κ3) is 4.37. The van der Waals surface area contributed by atoms with Crippen molar-refractivity contribution in [3.8, 4) is 5.75 Å². The second-order valence-corrected chi connectivity index (χ2v) is 4.95. The monoisotopic (exact) mass is 318 g/mol. The van der Waals surface area contributed by atoms with Crippen molar-refractivity contribution in [1.29, 1.82) is 0 Å². The first-order valence-electron chi connectivity index (χ1n) is 6.26. The molecule has 5 nitrogen and oxygen atoms in total. The fourth-order valence-corrected chi connectivity index (χ4v) is 2.21. The SMILES string of the molecule is O=C1CCC(NCc2cc(Cl)ccc2OC(F)F)C(=O)N1. The molecule has 0 radical (unpaired) electrons.